The van der Waals surface area contributed by atoms with Crippen LogP contribution in [0.2, 0.25) is 0 Å². The third-order valence-electron chi connectivity index (χ3n) is 3.21. The monoisotopic (exact) mass is 361 g/mol. The summed E-state index contributed by atoms with van der Waals surface area (Å²) >= 11 is 0. The van der Waals surface area contributed by atoms with E-state index in [0.717, 1.165) is 0 Å². The SMILES string of the molecule is CCOC(=O)c1ccccc1NC(=O)/C=C/c1ccc(OC(F)F)cc1. The molecule has 26 heavy (non-hydrogen) atoms. The number of benzene rings is 2. The molecule has 0 spiro atoms. The Kier molecular flexibility index (Phi) is 6.84. The standard InChI is InChI=1S/C19H17F2NO4/c1-2-25-18(24)15-5-3-4-6-16(15)22-17(23)12-9-13-7-10-14(11-8-13)26-19(20)21/h3-12,19H,2H2,1H3,(H,22,23)/b12-9+. The maximum Gasteiger partial charge on any atom is 0.387 e. The molecule has 1 N–H and O–H groups in total. The van der Waals surface area contributed by atoms with Crippen LogP contribution in [0.1, 0.15) is 22.8 Å². The van der Waals surface area contributed by atoms with E-state index < -0.39 is 18.5 Å². The molecule has 1 amide bonds. The summed E-state index contributed by atoms with van der Waals surface area (Å²) in [6.45, 7) is -0.965. The zero-order valence-corrected chi connectivity index (χ0v) is 13.9. The molecule has 0 aliphatic heterocycles. The molecule has 5 nitrogen and oxygen atoms in total. The van der Waals surface area contributed by atoms with E-state index in [-0.39, 0.29) is 17.9 Å². The molecule has 2 aromatic rings. The van der Waals surface area contributed by atoms with Gasteiger partial charge in [-0.1, -0.05) is 24.3 Å². The number of anilines is 1. The molecule has 0 radical (unpaired) electrons. The molecule has 0 saturated carbocycles. The number of ether oxygens (including phenoxy) is 2. The van der Waals surface area contributed by atoms with Gasteiger partial charge in [-0.15, -0.1) is 0 Å². The van der Waals surface area contributed by atoms with Crippen molar-refractivity contribution in [2.45, 2.75) is 13.5 Å². The van der Waals surface area contributed by atoms with Crippen molar-refractivity contribution in [1.82, 2.24) is 0 Å². The minimum atomic E-state index is -2.89. The van der Waals surface area contributed by atoms with Gasteiger partial charge in [-0.05, 0) is 42.8 Å². The largest absolute Gasteiger partial charge is 0.462 e. The first-order valence-electron chi connectivity index (χ1n) is 7.79. The maximum atomic E-state index is 12.1. The minimum Gasteiger partial charge on any atom is -0.462 e. The molecule has 0 bridgehead atoms. The fourth-order valence-electron chi connectivity index (χ4n) is 2.09. The van der Waals surface area contributed by atoms with E-state index in [9.17, 15) is 18.4 Å². The fourth-order valence-corrected chi connectivity index (χ4v) is 2.09. The number of rotatable bonds is 7. The van der Waals surface area contributed by atoms with E-state index in [0.29, 0.717) is 11.3 Å². The second-order valence-electron chi connectivity index (χ2n) is 5.04. The van der Waals surface area contributed by atoms with Crippen LogP contribution in [-0.2, 0) is 9.53 Å². The number of esters is 1. The van der Waals surface area contributed by atoms with Crippen LogP contribution >= 0.6 is 0 Å². The van der Waals surface area contributed by atoms with Gasteiger partial charge in [0.15, 0.2) is 0 Å². The van der Waals surface area contributed by atoms with Crippen LogP contribution in [0.25, 0.3) is 6.08 Å². The van der Waals surface area contributed by atoms with Crippen molar-refractivity contribution in [2.24, 2.45) is 0 Å². The Bertz CT molecular complexity index is 788. The van der Waals surface area contributed by atoms with E-state index in [1.165, 1.54) is 36.4 Å². The lowest BCUT2D eigenvalue weighted by molar-refractivity contribution is -0.111. The van der Waals surface area contributed by atoms with Crippen molar-refractivity contribution in [3.63, 3.8) is 0 Å². The Morgan fingerprint density at radius 1 is 1.12 bits per heavy atom. The summed E-state index contributed by atoms with van der Waals surface area (Å²) in [5.74, 6) is -0.943. The Labute approximate surface area is 149 Å². The average Bonchev–Trinajstić information content (AvgIpc) is 2.61. The Balaban J connectivity index is 2.02. The second kappa shape index (κ2) is 9.31. The second-order valence-corrected chi connectivity index (χ2v) is 5.04. The number of nitrogens with one attached hydrogen (secondary N) is 1. The topological polar surface area (TPSA) is 64.6 Å². The highest BCUT2D eigenvalue weighted by atomic mass is 19.3. The zero-order valence-electron chi connectivity index (χ0n) is 13.9. The van der Waals surface area contributed by atoms with Gasteiger partial charge in [-0.2, -0.15) is 8.78 Å². The minimum absolute atomic E-state index is 0.0324. The summed E-state index contributed by atoms with van der Waals surface area (Å²) < 4.78 is 33.4. The number of carbonyl (C=O) groups excluding carboxylic acids is 2. The number of para-hydroxylation sites is 1. The van der Waals surface area contributed by atoms with Crippen LogP contribution in [0.15, 0.2) is 54.6 Å². The van der Waals surface area contributed by atoms with Gasteiger partial charge < -0.3 is 14.8 Å². The summed E-state index contributed by atoms with van der Waals surface area (Å²) in [7, 11) is 0. The molecule has 0 saturated heterocycles. The molecule has 2 aromatic carbocycles. The molecule has 136 valence electrons. The quantitative estimate of drug-likeness (QED) is 0.595. The normalized spacial score (nSPS) is 10.8. The van der Waals surface area contributed by atoms with Crippen LogP contribution in [0.3, 0.4) is 0 Å². The molecule has 0 aliphatic carbocycles. The molecule has 0 aromatic heterocycles. The first-order valence-corrected chi connectivity index (χ1v) is 7.79. The number of hydrogen-bond acceptors (Lipinski definition) is 4. The van der Waals surface area contributed by atoms with E-state index >= 15 is 0 Å². The summed E-state index contributed by atoms with van der Waals surface area (Å²) in [5.41, 5.74) is 1.21. The van der Waals surface area contributed by atoms with Crippen LogP contribution in [0, 0.1) is 0 Å². The van der Waals surface area contributed by atoms with Gasteiger partial charge in [0.1, 0.15) is 5.75 Å². The third kappa shape index (κ3) is 5.70. The highest BCUT2D eigenvalue weighted by molar-refractivity contribution is 6.06. The molecule has 7 heteroatoms. The Morgan fingerprint density at radius 2 is 1.81 bits per heavy atom. The molecule has 0 fully saturated rings. The maximum absolute atomic E-state index is 12.1. The third-order valence-corrected chi connectivity index (χ3v) is 3.21. The lowest BCUT2D eigenvalue weighted by atomic mass is 10.1. The number of hydrogen-bond donors (Lipinski definition) is 1. The highest BCUT2D eigenvalue weighted by Crippen LogP contribution is 2.17. The van der Waals surface area contributed by atoms with Crippen molar-refractivity contribution in [1.29, 1.82) is 0 Å². The van der Waals surface area contributed by atoms with Crippen LogP contribution in [-0.4, -0.2) is 25.1 Å². The summed E-state index contributed by atoms with van der Waals surface area (Å²) in [6, 6.07) is 12.3. The van der Waals surface area contributed by atoms with Crippen LogP contribution in [0.4, 0.5) is 14.5 Å². The number of alkyl halides is 2. The van der Waals surface area contributed by atoms with Crippen LogP contribution < -0.4 is 10.1 Å². The highest BCUT2D eigenvalue weighted by Gasteiger charge is 2.12. The van der Waals surface area contributed by atoms with Gasteiger partial charge >= 0.3 is 12.6 Å². The molecular formula is C19H17F2NO4. The van der Waals surface area contributed by atoms with Gasteiger partial charge in [0.2, 0.25) is 5.91 Å². The molecule has 0 unspecified atom stereocenters. The van der Waals surface area contributed by atoms with Crippen molar-refractivity contribution in [3.8, 4) is 5.75 Å². The van der Waals surface area contributed by atoms with E-state index in [1.54, 1.807) is 31.2 Å². The predicted molar refractivity (Wildman–Crippen MR) is 93.1 cm³/mol. The van der Waals surface area contributed by atoms with Crippen molar-refractivity contribution in [2.75, 3.05) is 11.9 Å². The summed E-state index contributed by atoms with van der Waals surface area (Å²) in [6.07, 6.45) is 2.78. The summed E-state index contributed by atoms with van der Waals surface area (Å²) in [4.78, 5) is 23.9. The van der Waals surface area contributed by atoms with Crippen molar-refractivity contribution >= 4 is 23.6 Å². The van der Waals surface area contributed by atoms with E-state index in [4.69, 9.17) is 4.74 Å². The van der Waals surface area contributed by atoms with Crippen molar-refractivity contribution < 1.29 is 27.8 Å². The lowest BCUT2D eigenvalue weighted by Crippen LogP contribution is -2.13. The first-order chi connectivity index (χ1) is 12.5. The van der Waals surface area contributed by atoms with Crippen molar-refractivity contribution in [3.05, 3.63) is 65.7 Å². The number of halogens is 2. The molecule has 2 rings (SSSR count). The van der Waals surface area contributed by atoms with Gasteiger partial charge in [0.25, 0.3) is 0 Å². The first kappa shape index (κ1) is 19.1. The van der Waals surface area contributed by atoms with E-state index in [2.05, 4.69) is 10.1 Å². The van der Waals surface area contributed by atoms with Gasteiger partial charge in [-0.3, -0.25) is 4.79 Å². The summed E-state index contributed by atoms with van der Waals surface area (Å²) in [5, 5.41) is 2.61. The van der Waals surface area contributed by atoms with Gasteiger partial charge in [0, 0.05) is 6.08 Å². The van der Waals surface area contributed by atoms with Gasteiger partial charge in [-0.25, -0.2) is 4.79 Å². The molecular weight excluding hydrogens is 344 g/mol. The molecule has 0 atom stereocenters. The van der Waals surface area contributed by atoms with Gasteiger partial charge in [0.05, 0.1) is 17.9 Å². The smallest absolute Gasteiger partial charge is 0.387 e. The Morgan fingerprint density at radius 3 is 2.46 bits per heavy atom. The predicted octanol–water partition coefficient (Wildman–Crippen LogP) is 4.12. The average molecular weight is 361 g/mol. The van der Waals surface area contributed by atoms with Crippen LogP contribution in [0.5, 0.6) is 5.75 Å². The lowest BCUT2D eigenvalue weighted by Gasteiger charge is -2.08. The molecule has 0 heterocycles. The fraction of sp³-hybridized carbons (Fsp3) is 0.158. The van der Waals surface area contributed by atoms with E-state index in [1.807, 2.05) is 0 Å². The number of amides is 1. The molecule has 0 aliphatic rings. The Hall–Kier alpha value is -3.22. The number of carbonyl (C=O) groups is 2. The zero-order chi connectivity index (χ0) is 18.9.